The molecule has 4 nitrogen and oxygen atoms in total. The fourth-order valence-electron chi connectivity index (χ4n) is 1.80. The number of anilines is 1. The second kappa shape index (κ2) is 3.21. The van der Waals surface area contributed by atoms with Crippen LogP contribution in [0.1, 0.15) is 30.7 Å². The summed E-state index contributed by atoms with van der Waals surface area (Å²) in [6, 6.07) is 3.78. The van der Waals surface area contributed by atoms with Crippen molar-refractivity contribution in [2.45, 2.75) is 32.5 Å². The highest BCUT2D eigenvalue weighted by atomic mass is 16.5. The third kappa shape index (κ3) is 1.79. The van der Waals surface area contributed by atoms with Crippen LogP contribution in [0.25, 0.3) is 0 Å². The summed E-state index contributed by atoms with van der Waals surface area (Å²) >= 11 is 0. The van der Waals surface area contributed by atoms with Gasteiger partial charge in [-0.3, -0.25) is 0 Å². The number of nitrogens with two attached hydrogens (primary N) is 1. The highest BCUT2D eigenvalue weighted by molar-refractivity contribution is 5.48. The summed E-state index contributed by atoms with van der Waals surface area (Å²) < 4.78 is 5.62. The van der Waals surface area contributed by atoms with Gasteiger partial charge in [0.1, 0.15) is 5.82 Å². The zero-order valence-electron chi connectivity index (χ0n) is 8.87. The summed E-state index contributed by atoms with van der Waals surface area (Å²) in [6.45, 7) is 4.45. The van der Waals surface area contributed by atoms with Gasteiger partial charge in [-0.15, -0.1) is 0 Å². The molecule has 1 aliphatic heterocycles. The number of rotatable bonds is 0. The molecule has 0 atom stereocenters. The molecule has 0 saturated carbocycles. The van der Waals surface area contributed by atoms with Crippen LogP contribution >= 0.6 is 0 Å². The van der Waals surface area contributed by atoms with Crippen LogP contribution < -0.4 is 5.73 Å². The van der Waals surface area contributed by atoms with Gasteiger partial charge < -0.3 is 10.5 Å². The average Bonchev–Trinajstić information content (AvgIpc) is 2.17. The Labute approximate surface area is 88.7 Å². The van der Waals surface area contributed by atoms with E-state index < -0.39 is 0 Å². The van der Waals surface area contributed by atoms with Gasteiger partial charge in [0.15, 0.2) is 0 Å². The molecule has 0 saturated heterocycles. The van der Waals surface area contributed by atoms with E-state index in [9.17, 15) is 0 Å². The Balaban J connectivity index is 2.54. The van der Waals surface area contributed by atoms with E-state index in [1.807, 2.05) is 13.8 Å². The van der Waals surface area contributed by atoms with Crippen LogP contribution in [0.3, 0.4) is 0 Å². The van der Waals surface area contributed by atoms with Crippen LogP contribution in [0.15, 0.2) is 6.07 Å². The Morgan fingerprint density at radius 2 is 2.33 bits per heavy atom. The number of aromatic nitrogens is 1. The van der Waals surface area contributed by atoms with Gasteiger partial charge in [0.25, 0.3) is 0 Å². The highest BCUT2D eigenvalue weighted by Gasteiger charge is 2.28. The number of nitriles is 1. The molecule has 0 radical (unpaired) electrons. The van der Waals surface area contributed by atoms with Gasteiger partial charge in [-0.05, 0) is 25.5 Å². The predicted molar refractivity (Wildman–Crippen MR) is 55.9 cm³/mol. The molecule has 15 heavy (non-hydrogen) atoms. The molecule has 2 N–H and O–H groups in total. The van der Waals surface area contributed by atoms with Crippen molar-refractivity contribution in [3.63, 3.8) is 0 Å². The maximum atomic E-state index is 9.01. The van der Waals surface area contributed by atoms with Crippen molar-refractivity contribution in [3.05, 3.63) is 22.9 Å². The number of hydrogen-bond acceptors (Lipinski definition) is 4. The summed E-state index contributed by atoms with van der Waals surface area (Å²) in [4.78, 5) is 4.19. The number of nitrogen functional groups attached to an aromatic ring is 1. The number of fused-ring (bicyclic) bond motifs is 1. The second-order valence-electron chi connectivity index (χ2n) is 4.36. The first-order valence-corrected chi connectivity index (χ1v) is 4.84. The third-order valence-corrected chi connectivity index (χ3v) is 2.55. The number of nitrogens with zero attached hydrogens (tertiary/aromatic N) is 2. The van der Waals surface area contributed by atoms with Crippen molar-refractivity contribution in [2.24, 2.45) is 0 Å². The molecular formula is C11H13N3O. The summed E-state index contributed by atoms with van der Waals surface area (Å²) in [6.07, 6.45) is 0.707. The van der Waals surface area contributed by atoms with Crippen molar-refractivity contribution in [2.75, 3.05) is 5.73 Å². The Kier molecular flexibility index (Phi) is 2.13. The smallest absolute Gasteiger partial charge is 0.125 e. The second-order valence-corrected chi connectivity index (χ2v) is 4.36. The fourth-order valence-corrected chi connectivity index (χ4v) is 1.80. The van der Waals surface area contributed by atoms with E-state index in [1.54, 1.807) is 6.07 Å². The molecule has 1 aliphatic rings. The van der Waals surface area contributed by atoms with Gasteiger partial charge in [0.05, 0.1) is 29.5 Å². The Bertz CT molecular complexity index is 446. The lowest BCUT2D eigenvalue weighted by atomic mass is 9.91. The van der Waals surface area contributed by atoms with E-state index >= 15 is 0 Å². The van der Waals surface area contributed by atoms with Crippen LogP contribution in [0, 0.1) is 11.3 Å². The highest BCUT2D eigenvalue weighted by Crippen LogP contribution is 2.29. The minimum Gasteiger partial charge on any atom is -0.384 e. The Hall–Kier alpha value is -1.60. The number of ether oxygens (including phenoxy) is 1. The third-order valence-electron chi connectivity index (χ3n) is 2.55. The molecule has 2 rings (SSSR count). The van der Waals surface area contributed by atoms with Crippen LogP contribution in [0.4, 0.5) is 5.82 Å². The summed E-state index contributed by atoms with van der Waals surface area (Å²) in [7, 11) is 0. The number of pyridine rings is 1. The van der Waals surface area contributed by atoms with Crippen LogP contribution in [-0.2, 0) is 17.8 Å². The monoisotopic (exact) mass is 203 g/mol. The lowest BCUT2D eigenvalue weighted by molar-refractivity contribution is -0.0420. The average molecular weight is 203 g/mol. The predicted octanol–water partition coefficient (Wildman–Crippen LogP) is 1.39. The zero-order chi connectivity index (χ0) is 11.1. The van der Waals surface area contributed by atoms with Gasteiger partial charge in [-0.25, -0.2) is 4.98 Å². The molecule has 0 bridgehead atoms. The van der Waals surface area contributed by atoms with Crippen molar-refractivity contribution < 1.29 is 4.74 Å². The zero-order valence-corrected chi connectivity index (χ0v) is 8.87. The molecule has 0 aromatic carbocycles. The molecule has 78 valence electrons. The lowest BCUT2D eigenvalue weighted by Gasteiger charge is -2.31. The summed E-state index contributed by atoms with van der Waals surface area (Å²) in [5, 5.41) is 9.01. The Morgan fingerprint density at radius 3 is 3.00 bits per heavy atom. The van der Waals surface area contributed by atoms with E-state index in [-0.39, 0.29) is 5.60 Å². The topological polar surface area (TPSA) is 71.9 Å². The van der Waals surface area contributed by atoms with Crippen LogP contribution in [-0.4, -0.2) is 10.6 Å². The molecule has 0 amide bonds. The van der Waals surface area contributed by atoms with Gasteiger partial charge >= 0.3 is 0 Å². The van der Waals surface area contributed by atoms with Crippen molar-refractivity contribution in [3.8, 4) is 6.07 Å². The standard InChI is InChI=1S/C11H13N3O/c1-11(2)4-8-7(5-12)3-10(13)14-9(8)6-15-11/h3H,4,6H2,1-2H3,(H2,13,14). The first-order chi connectivity index (χ1) is 7.02. The van der Waals surface area contributed by atoms with Crippen LogP contribution in [0.5, 0.6) is 0 Å². The first-order valence-electron chi connectivity index (χ1n) is 4.84. The van der Waals surface area contributed by atoms with E-state index in [0.29, 0.717) is 24.4 Å². The molecule has 0 unspecified atom stereocenters. The quantitative estimate of drug-likeness (QED) is 0.691. The number of hydrogen-bond donors (Lipinski definition) is 1. The fraction of sp³-hybridized carbons (Fsp3) is 0.455. The van der Waals surface area contributed by atoms with E-state index in [0.717, 1.165) is 11.3 Å². The van der Waals surface area contributed by atoms with Crippen LogP contribution in [0.2, 0.25) is 0 Å². The maximum Gasteiger partial charge on any atom is 0.125 e. The molecule has 0 fully saturated rings. The van der Waals surface area contributed by atoms with Crippen molar-refractivity contribution in [1.82, 2.24) is 4.98 Å². The molecule has 1 aromatic rings. The normalized spacial score (nSPS) is 17.9. The molecular weight excluding hydrogens is 190 g/mol. The molecule has 2 heterocycles. The van der Waals surface area contributed by atoms with E-state index in [1.165, 1.54) is 0 Å². The van der Waals surface area contributed by atoms with E-state index in [4.69, 9.17) is 15.7 Å². The molecule has 1 aromatic heterocycles. The SMILES string of the molecule is CC1(C)Cc2c(C#N)cc(N)nc2CO1. The van der Waals surface area contributed by atoms with Gasteiger partial charge in [0.2, 0.25) is 0 Å². The summed E-state index contributed by atoms with van der Waals surface area (Å²) in [5.41, 5.74) is 7.77. The minimum absolute atomic E-state index is 0.226. The molecule has 0 spiro atoms. The van der Waals surface area contributed by atoms with Gasteiger partial charge in [0, 0.05) is 6.42 Å². The van der Waals surface area contributed by atoms with Gasteiger partial charge in [-0.2, -0.15) is 5.26 Å². The maximum absolute atomic E-state index is 9.01. The van der Waals surface area contributed by atoms with E-state index in [2.05, 4.69) is 11.1 Å². The minimum atomic E-state index is -0.226. The lowest BCUT2D eigenvalue weighted by Crippen LogP contribution is -2.33. The van der Waals surface area contributed by atoms with Crippen molar-refractivity contribution >= 4 is 5.82 Å². The molecule has 4 heteroatoms. The first kappa shape index (κ1) is 9.94. The van der Waals surface area contributed by atoms with Crippen molar-refractivity contribution in [1.29, 1.82) is 5.26 Å². The molecule has 0 aliphatic carbocycles. The van der Waals surface area contributed by atoms with Gasteiger partial charge in [-0.1, -0.05) is 0 Å². The summed E-state index contributed by atoms with van der Waals surface area (Å²) in [5.74, 6) is 0.383. The Morgan fingerprint density at radius 1 is 1.60 bits per heavy atom. The largest absolute Gasteiger partial charge is 0.384 e.